The van der Waals surface area contributed by atoms with E-state index in [0.717, 1.165) is 29.2 Å². The maximum Gasteiger partial charge on any atom is 0.153 e. The van der Waals surface area contributed by atoms with E-state index in [1.807, 2.05) is 26.8 Å². The second-order valence-electron chi connectivity index (χ2n) is 5.21. The molecule has 4 heteroatoms. The van der Waals surface area contributed by atoms with Gasteiger partial charge in [-0.2, -0.15) is 5.26 Å². The lowest BCUT2D eigenvalue weighted by molar-refractivity contribution is 0.111. The summed E-state index contributed by atoms with van der Waals surface area (Å²) in [6.07, 6.45) is 2.36. The molecule has 0 fully saturated rings. The van der Waals surface area contributed by atoms with Crippen LogP contribution in [-0.4, -0.2) is 12.9 Å². The Hall–Kier alpha value is -1.34. The van der Waals surface area contributed by atoms with Gasteiger partial charge in [-0.05, 0) is 51.3 Å². The fraction of sp³-hybridized carbons (Fsp3) is 0.467. The quantitative estimate of drug-likeness (QED) is 0.580. The highest BCUT2D eigenvalue weighted by molar-refractivity contribution is 9.10. The van der Waals surface area contributed by atoms with Gasteiger partial charge in [0.1, 0.15) is 5.75 Å². The van der Waals surface area contributed by atoms with Gasteiger partial charge in [-0.1, -0.05) is 15.9 Å². The third-order valence-corrected chi connectivity index (χ3v) is 3.35. The topological polar surface area (TPSA) is 50.1 Å². The molecule has 0 N–H and O–H groups in total. The molecule has 1 aromatic rings. The molecular formula is C15H18BrNO2. The second-order valence-corrected chi connectivity index (χ2v) is 6.12. The number of carbonyl (C=O) groups excluding carboxylic acids is 1. The average Bonchev–Trinajstić information content (AvgIpc) is 2.35. The highest BCUT2D eigenvalue weighted by atomic mass is 79.9. The molecule has 0 saturated carbocycles. The molecule has 0 aromatic heterocycles. The summed E-state index contributed by atoms with van der Waals surface area (Å²) in [7, 11) is 0. The van der Waals surface area contributed by atoms with E-state index < -0.39 is 0 Å². The molecule has 0 amide bonds. The molecule has 0 aliphatic rings. The number of ether oxygens (including phenoxy) is 1. The van der Waals surface area contributed by atoms with Crippen LogP contribution in [0.25, 0.3) is 0 Å². The maximum atomic E-state index is 11.0. The van der Waals surface area contributed by atoms with Crippen LogP contribution in [0.1, 0.15) is 42.6 Å². The van der Waals surface area contributed by atoms with E-state index in [4.69, 9.17) is 10.00 Å². The zero-order valence-electron chi connectivity index (χ0n) is 11.5. The highest BCUT2D eigenvalue weighted by Crippen LogP contribution is 2.27. The minimum absolute atomic E-state index is 0.328. The predicted molar refractivity (Wildman–Crippen MR) is 78.4 cm³/mol. The summed E-state index contributed by atoms with van der Waals surface area (Å²) in [6, 6.07) is 5.93. The number of hydrogen-bond donors (Lipinski definition) is 0. The van der Waals surface area contributed by atoms with Gasteiger partial charge in [0.2, 0.25) is 0 Å². The zero-order valence-corrected chi connectivity index (χ0v) is 13.1. The Morgan fingerprint density at radius 1 is 1.47 bits per heavy atom. The number of aryl methyl sites for hydroxylation is 1. The third-order valence-electron chi connectivity index (χ3n) is 2.89. The van der Waals surface area contributed by atoms with E-state index in [2.05, 4.69) is 22.0 Å². The van der Waals surface area contributed by atoms with Crippen LogP contribution >= 0.6 is 15.9 Å². The van der Waals surface area contributed by atoms with Crippen molar-refractivity contribution in [3.63, 3.8) is 0 Å². The summed E-state index contributed by atoms with van der Waals surface area (Å²) in [6.45, 7) is 6.24. The van der Waals surface area contributed by atoms with Gasteiger partial charge in [0.25, 0.3) is 0 Å². The van der Waals surface area contributed by atoms with Crippen LogP contribution < -0.4 is 4.74 Å². The minimum Gasteiger partial charge on any atom is -0.493 e. The lowest BCUT2D eigenvalue weighted by atomic mass is 9.90. The molecule has 0 saturated heterocycles. The van der Waals surface area contributed by atoms with Gasteiger partial charge >= 0.3 is 0 Å². The third kappa shape index (κ3) is 4.68. The first-order valence-corrected chi connectivity index (χ1v) is 6.98. The Labute approximate surface area is 122 Å². The van der Waals surface area contributed by atoms with Crippen LogP contribution in [0.5, 0.6) is 5.75 Å². The highest BCUT2D eigenvalue weighted by Gasteiger charge is 2.16. The van der Waals surface area contributed by atoms with Crippen molar-refractivity contribution < 1.29 is 9.53 Å². The van der Waals surface area contributed by atoms with E-state index in [-0.39, 0.29) is 5.41 Å². The summed E-state index contributed by atoms with van der Waals surface area (Å²) < 4.78 is 6.56. The molecule has 0 spiro atoms. The molecular weight excluding hydrogens is 306 g/mol. The van der Waals surface area contributed by atoms with Crippen molar-refractivity contribution in [2.75, 3.05) is 6.61 Å². The smallest absolute Gasteiger partial charge is 0.153 e. The number of hydrogen-bond acceptors (Lipinski definition) is 3. The van der Waals surface area contributed by atoms with Gasteiger partial charge in [0.15, 0.2) is 6.29 Å². The Bertz CT molecular complexity index is 504. The lowest BCUT2D eigenvalue weighted by Crippen LogP contribution is -2.10. The predicted octanol–water partition coefficient (Wildman–Crippen LogP) is 4.28. The van der Waals surface area contributed by atoms with E-state index in [0.29, 0.717) is 17.9 Å². The molecule has 0 bridgehead atoms. The number of aldehydes is 1. The molecule has 0 unspecified atom stereocenters. The van der Waals surface area contributed by atoms with Crippen molar-refractivity contribution in [3.05, 3.63) is 27.7 Å². The number of rotatable bonds is 6. The number of carbonyl (C=O) groups is 1. The number of nitriles is 1. The van der Waals surface area contributed by atoms with E-state index >= 15 is 0 Å². The van der Waals surface area contributed by atoms with Crippen LogP contribution in [0.2, 0.25) is 0 Å². The molecule has 1 aromatic carbocycles. The SMILES string of the molecule is Cc1cc(Br)cc(C=O)c1OCCCC(C)(C)C#N. The lowest BCUT2D eigenvalue weighted by Gasteiger charge is -2.16. The monoisotopic (exact) mass is 323 g/mol. The standard InChI is InChI=1S/C15H18BrNO2/c1-11-7-13(16)8-12(9-18)14(11)19-6-4-5-15(2,3)10-17/h7-9H,4-6H2,1-3H3. The van der Waals surface area contributed by atoms with Crippen molar-refractivity contribution in [2.24, 2.45) is 5.41 Å². The molecule has 0 heterocycles. The van der Waals surface area contributed by atoms with Gasteiger partial charge in [-0.25, -0.2) is 0 Å². The molecule has 1 rings (SSSR count). The summed E-state index contributed by atoms with van der Waals surface area (Å²) in [5.74, 6) is 0.632. The summed E-state index contributed by atoms with van der Waals surface area (Å²) in [4.78, 5) is 11.0. The Kier molecular flexibility index (Phi) is 5.56. The van der Waals surface area contributed by atoms with Gasteiger partial charge in [-0.3, -0.25) is 4.79 Å². The zero-order chi connectivity index (χ0) is 14.5. The molecule has 0 aliphatic carbocycles. The first-order valence-electron chi connectivity index (χ1n) is 6.19. The molecule has 19 heavy (non-hydrogen) atoms. The van der Waals surface area contributed by atoms with Crippen LogP contribution in [0.3, 0.4) is 0 Å². The molecule has 102 valence electrons. The van der Waals surface area contributed by atoms with Crippen LogP contribution in [-0.2, 0) is 0 Å². The van der Waals surface area contributed by atoms with Crippen LogP contribution in [0.15, 0.2) is 16.6 Å². The van der Waals surface area contributed by atoms with Crippen LogP contribution in [0, 0.1) is 23.7 Å². The summed E-state index contributed by atoms with van der Waals surface area (Å²) >= 11 is 3.35. The molecule has 0 atom stereocenters. The summed E-state index contributed by atoms with van der Waals surface area (Å²) in [5, 5.41) is 8.92. The first-order chi connectivity index (χ1) is 8.89. The number of nitrogens with zero attached hydrogens (tertiary/aromatic N) is 1. The minimum atomic E-state index is -0.328. The first kappa shape index (κ1) is 15.7. The maximum absolute atomic E-state index is 11.0. The van der Waals surface area contributed by atoms with Gasteiger partial charge in [0.05, 0.1) is 23.7 Å². The van der Waals surface area contributed by atoms with E-state index in [9.17, 15) is 4.79 Å². The number of halogens is 1. The Morgan fingerprint density at radius 2 is 2.16 bits per heavy atom. The normalized spacial score (nSPS) is 10.9. The van der Waals surface area contributed by atoms with Gasteiger partial charge < -0.3 is 4.74 Å². The fourth-order valence-corrected chi connectivity index (χ4v) is 2.37. The van der Waals surface area contributed by atoms with Crippen molar-refractivity contribution in [1.29, 1.82) is 5.26 Å². The Balaban J connectivity index is 2.64. The molecule has 3 nitrogen and oxygen atoms in total. The molecule has 0 radical (unpaired) electrons. The molecule has 0 aliphatic heterocycles. The van der Waals surface area contributed by atoms with Gasteiger partial charge in [0, 0.05) is 4.47 Å². The van der Waals surface area contributed by atoms with E-state index in [1.165, 1.54) is 0 Å². The van der Waals surface area contributed by atoms with E-state index in [1.54, 1.807) is 6.07 Å². The van der Waals surface area contributed by atoms with Gasteiger partial charge in [-0.15, -0.1) is 0 Å². The number of benzene rings is 1. The van der Waals surface area contributed by atoms with Crippen molar-refractivity contribution in [3.8, 4) is 11.8 Å². The van der Waals surface area contributed by atoms with Crippen molar-refractivity contribution in [2.45, 2.75) is 33.6 Å². The average molecular weight is 324 g/mol. The van der Waals surface area contributed by atoms with Crippen LogP contribution in [0.4, 0.5) is 0 Å². The second kappa shape index (κ2) is 6.72. The Morgan fingerprint density at radius 3 is 2.74 bits per heavy atom. The van der Waals surface area contributed by atoms with Crippen molar-refractivity contribution >= 4 is 22.2 Å². The summed E-state index contributed by atoms with van der Waals surface area (Å²) in [5.41, 5.74) is 1.15. The fourth-order valence-electron chi connectivity index (χ4n) is 1.78. The van der Waals surface area contributed by atoms with Crippen molar-refractivity contribution in [1.82, 2.24) is 0 Å². The largest absolute Gasteiger partial charge is 0.493 e.